The Balaban J connectivity index is 2.10. The summed E-state index contributed by atoms with van der Waals surface area (Å²) in [5, 5.41) is 2.96. The molecule has 4 nitrogen and oxygen atoms in total. The third-order valence-electron chi connectivity index (χ3n) is 2.77. The highest BCUT2D eigenvalue weighted by atomic mass is 19.1. The van der Waals surface area contributed by atoms with Crippen LogP contribution >= 0.6 is 0 Å². The number of benzene rings is 1. The molecule has 112 valence electrons. The molecule has 0 atom stereocenters. The second-order valence-corrected chi connectivity index (χ2v) is 4.57. The van der Waals surface area contributed by atoms with Crippen molar-refractivity contribution in [3.63, 3.8) is 0 Å². The summed E-state index contributed by atoms with van der Waals surface area (Å²) >= 11 is 0. The maximum absolute atomic E-state index is 13.2. The van der Waals surface area contributed by atoms with Crippen LogP contribution in [0.3, 0.4) is 0 Å². The molecule has 1 aromatic heterocycles. The fourth-order valence-corrected chi connectivity index (χ4v) is 1.81. The van der Waals surface area contributed by atoms with Gasteiger partial charge in [-0.2, -0.15) is 0 Å². The van der Waals surface area contributed by atoms with Crippen molar-refractivity contribution in [2.75, 3.05) is 13.7 Å². The number of ether oxygens (including phenoxy) is 2. The van der Waals surface area contributed by atoms with Crippen LogP contribution in [0.5, 0.6) is 17.4 Å². The van der Waals surface area contributed by atoms with Crippen LogP contribution in [-0.4, -0.2) is 18.6 Å². The summed E-state index contributed by atoms with van der Waals surface area (Å²) in [7, 11) is 1.79. The predicted octanol–water partition coefficient (Wildman–Crippen LogP) is 3.52. The van der Waals surface area contributed by atoms with Crippen molar-refractivity contribution in [2.24, 2.45) is 0 Å². The van der Waals surface area contributed by atoms with Crippen LogP contribution in [0, 0.1) is 5.82 Å². The van der Waals surface area contributed by atoms with Crippen molar-refractivity contribution < 1.29 is 13.9 Å². The number of halogens is 1. The van der Waals surface area contributed by atoms with Gasteiger partial charge < -0.3 is 14.8 Å². The van der Waals surface area contributed by atoms with Crippen LogP contribution in [0.2, 0.25) is 0 Å². The van der Waals surface area contributed by atoms with Crippen LogP contribution in [0.1, 0.15) is 18.9 Å². The highest BCUT2D eigenvalue weighted by molar-refractivity contribution is 5.36. The van der Waals surface area contributed by atoms with E-state index >= 15 is 0 Å². The van der Waals surface area contributed by atoms with E-state index in [-0.39, 0.29) is 5.82 Å². The molecule has 0 unspecified atom stereocenters. The van der Waals surface area contributed by atoms with Crippen LogP contribution < -0.4 is 14.8 Å². The smallest absolute Gasteiger partial charge is 0.223 e. The van der Waals surface area contributed by atoms with Gasteiger partial charge in [-0.15, -0.1) is 0 Å². The molecule has 2 rings (SSSR count). The maximum atomic E-state index is 13.2. The number of hydrogen-bond acceptors (Lipinski definition) is 4. The lowest BCUT2D eigenvalue weighted by molar-refractivity contribution is 0.317. The zero-order valence-corrected chi connectivity index (χ0v) is 12.2. The quantitative estimate of drug-likeness (QED) is 0.847. The van der Waals surface area contributed by atoms with Crippen molar-refractivity contribution in [3.8, 4) is 17.4 Å². The Morgan fingerprint density at radius 1 is 1.19 bits per heavy atom. The van der Waals surface area contributed by atoms with Gasteiger partial charge in [-0.25, -0.2) is 9.37 Å². The number of aromatic nitrogens is 1. The third-order valence-corrected chi connectivity index (χ3v) is 2.77. The zero-order valence-electron chi connectivity index (χ0n) is 12.2. The van der Waals surface area contributed by atoms with E-state index in [0.29, 0.717) is 30.3 Å². The molecule has 2 aromatic rings. The first-order valence-corrected chi connectivity index (χ1v) is 6.92. The minimum absolute atomic E-state index is 0.379. The number of pyridine rings is 1. The molecule has 0 saturated carbocycles. The maximum Gasteiger partial charge on any atom is 0.223 e. The van der Waals surface area contributed by atoms with Gasteiger partial charge in [0.25, 0.3) is 0 Å². The number of nitrogens with zero attached hydrogens (tertiary/aromatic N) is 1. The second kappa shape index (κ2) is 7.59. The lowest BCUT2D eigenvalue weighted by atomic mass is 10.2. The number of hydrogen-bond donors (Lipinski definition) is 1. The van der Waals surface area contributed by atoms with Gasteiger partial charge in [-0.1, -0.05) is 6.92 Å². The van der Waals surface area contributed by atoms with Gasteiger partial charge in [0.05, 0.1) is 12.8 Å². The molecular formula is C16H19FN2O2. The molecule has 0 aliphatic heterocycles. The summed E-state index contributed by atoms with van der Waals surface area (Å²) in [6, 6.07) is 8.70. The molecule has 21 heavy (non-hydrogen) atoms. The van der Waals surface area contributed by atoms with Gasteiger partial charge in [0, 0.05) is 12.1 Å². The van der Waals surface area contributed by atoms with Crippen molar-refractivity contribution in [1.29, 1.82) is 0 Å². The summed E-state index contributed by atoms with van der Waals surface area (Å²) in [6.07, 6.45) is 2.11. The average Bonchev–Trinajstić information content (AvgIpc) is 2.49. The van der Waals surface area contributed by atoms with Gasteiger partial charge in [0.2, 0.25) is 5.88 Å². The van der Waals surface area contributed by atoms with Crippen molar-refractivity contribution >= 4 is 0 Å². The topological polar surface area (TPSA) is 43.4 Å². The van der Waals surface area contributed by atoms with E-state index in [4.69, 9.17) is 9.47 Å². The highest BCUT2D eigenvalue weighted by Crippen LogP contribution is 2.25. The Kier molecular flexibility index (Phi) is 5.51. The Morgan fingerprint density at radius 3 is 2.57 bits per heavy atom. The summed E-state index contributed by atoms with van der Waals surface area (Å²) in [4.78, 5) is 4.00. The molecule has 0 radical (unpaired) electrons. The fourth-order valence-electron chi connectivity index (χ4n) is 1.81. The van der Waals surface area contributed by atoms with Crippen LogP contribution in [-0.2, 0) is 6.54 Å². The molecule has 0 saturated heterocycles. The van der Waals surface area contributed by atoms with E-state index in [0.717, 1.165) is 18.4 Å². The lowest BCUT2D eigenvalue weighted by Crippen LogP contribution is -2.07. The molecule has 1 heterocycles. The van der Waals surface area contributed by atoms with E-state index in [1.54, 1.807) is 19.2 Å². The summed E-state index contributed by atoms with van der Waals surface area (Å²) < 4.78 is 24.4. The van der Waals surface area contributed by atoms with Crippen molar-refractivity contribution in [1.82, 2.24) is 10.3 Å². The second-order valence-electron chi connectivity index (χ2n) is 4.57. The molecule has 0 aliphatic carbocycles. The Hall–Kier alpha value is -2.14. The minimum Gasteiger partial charge on any atom is -0.494 e. The first-order valence-electron chi connectivity index (χ1n) is 6.92. The molecule has 0 fully saturated rings. The largest absolute Gasteiger partial charge is 0.494 e. The lowest BCUT2D eigenvalue weighted by Gasteiger charge is -2.10. The first kappa shape index (κ1) is 15.3. The zero-order chi connectivity index (χ0) is 15.1. The van der Waals surface area contributed by atoms with Gasteiger partial charge in [0.15, 0.2) is 0 Å². The molecule has 1 aromatic carbocycles. The first-order chi connectivity index (χ1) is 10.2. The monoisotopic (exact) mass is 290 g/mol. The fraction of sp³-hybridized carbons (Fsp3) is 0.312. The summed E-state index contributed by atoms with van der Waals surface area (Å²) in [6.45, 7) is 3.23. The third kappa shape index (κ3) is 4.43. The van der Waals surface area contributed by atoms with E-state index in [2.05, 4.69) is 17.2 Å². The minimum atomic E-state index is -0.379. The van der Waals surface area contributed by atoms with Crippen LogP contribution in [0.25, 0.3) is 0 Å². The van der Waals surface area contributed by atoms with Crippen molar-refractivity contribution in [2.45, 2.75) is 19.9 Å². The predicted molar refractivity (Wildman–Crippen MR) is 79.3 cm³/mol. The normalized spacial score (nSPS) is 10.4. The molecule has 0 aliphatic rings. The van der Waals surface area contributed by atoms with Gasteiger partial charge in [0.1, 0.15) is 17.3 Å². The van der Waals surface area contributed by atoms with Crippen LogP contribution in [0.4, 0.5) is 4.39 Å². The van der Waals surface area contributed by atoms with E-state index in [1.807, 2.05) is 12.1 Å². The SMILES string of the molecule is CCCOc1ccc(Oc2ncc(F)cc2CNC)cc1. The molecular weight excluding hydrogens is 271 g/mol. The molecule has 0 spiro atoms. The number of nitrogens with one attached hydrogen (secondary N) is 1. The highest BCUT2D eigenvalue weighted by Gasteiger charge is 2.08. The van der Waals surface area contributed by atoms with Gasteiger partial charge >= 0.3 is 0 Å². The van der Waals surface area contributed by atoms with E-state index in [9.17, 15) is 4.39 Å². The van der Waals surface area contributed by atoms with Crippen molar-refractivity contribution in [3.05, 3.63) is 47.9 Å². The van der Waals surface area contributed by atoms with Gasteiger partial charge in [-0.05, 0) is 43.8 Å². The van der Waals surface area contributed by atoms with E-state index in [1.165, 1.54) is 6.07 Å². The molecule has 0 bridgehead atoms. The van der Waals surface area contributed by atoms with Crippen LogP contribution in [0.15, 0.2) is 36.5 Å². The molecule has 1 N–H and O–H groups in total. The molecule has 5 heteroatoms. The number of rotatable bonds is 7. The van der Waals surface area contributed by atoms with E-state index < -0.39 is 0 Å². The van der Waals surface area contributed by atoms with Gasteiger partial charge in [-0.3, -0.25) is 0 Å². The Labute approximate surface area is 123 Å². The summed E-state index contributed by atoms with van der Waals surface area (Å²) in [5.41, 5.74) is 0.670. The Morgan fingerprint density at radius 2 is 1.90 bits per heavy atom. The Bertz CT molecular complexity index is 573. The molecule has 0 amide bonds. The summed E-state index contributed by atoms with van der Waals surface area (Å²) in [5.74, 6) is 1.45. The standard InChI is InChI=1S/C16H19FN2O2/c1-3-8-20-14-4-6-15(7-5-14)21-16-12(10-18-2)9-13(17)11-19-16/h4-7,9,11,18H,3,8,10H2,1-2H3. The average molecular weight is 290 g/mol.